The van der Waals surface area contributed by atoms with Crippen LogP contribution in [0.4, 0.5) is 13.2 Å². The highest BCUT2D eigenvalue weighted by Crippen LogP contribution is 2.32. The van der Waals surface area contributed by atoms with Crippen LogP contribution in [0.1, 0.15) is 12.0 Å². The van der Waals surface area contributed by atoms with Crippen LogP contribution in [0, 0.1) is 0 Å². The van der Waals surface area contributed by atoms with Gasteiger partial charge in [-0.2, -0.15) is 0 Å². The Morgan fingerprint density at radius 2 is 1.57 bits per heavy atom. The highest BCUT2D eigenvalue weighted by molar-refractivity contribution is 7.24. The van der Waals surface area contributed by atoms with Crippen LogP contribution in [-0.4, -0.2) is 35.3 Å². The van der Waals surface area contributed by atoms with E-state index in [9.17, 15) is 28.2 Å². The lowest BCUT2D eigenvalue weighted by atomic mass is 9.93. The summed E-state index contributed by atoms with van der Waals surface area (Å²) in [4.78, 5) is 13.1. The molecule has 4 rings (SSSR count). The molecule has 0 radical (unpaired) electrons. The molecule has 0 bridgehead atoms. The molecule has 0 aliphatic rings. The van der Waals surface area contributed by atoms with Crippen LogP contribution in [0.25, 0.3) is 20.2 Å². The van der Waals surface area contributed by atoms with Gasteiger partial charge in [0.1, 0.15) is 17.2 Å². The van der Waals surface area contributed by atoms with Gasteiger partial charge in [0.2, 0.25) is 0 Å². The number of aliphatic hydroxyl groups excluding tert-OH is 2. The molecule has 35 heavy (non-hydrogen) atoms. The lowest BCUT2D eigenvalue weighted by Crippen LogP contribution is -2.47. The summed E-state index contributed by atoms with van der Waals surface area (Å²) in [7, 11) is 0. The van der Waals surface area contributed by atoms with Gasteiger partial charge in [-0.15, -0.1) is 24.5 Å². The lowest BCUT2D eigenvalue weighted by molar-refractivity contribution is -0.274. The van der Waals surface area contributed by atoms with E-state index in [-0.39, 0.29) is 24.4 Å². The third kappa shape index (κ3) is 5.91. The van der Waals surface area contributed by atoms with E-state index >= 15 is 0 Å². The number of hydrogen-bond donors (Lipinski definition) is 3. The predicted molar refractivity (Wildman–Crippen MR) is 128 cm³/mol. The summed E-state index contributed by atoms with van der Waals surface area (Å²) in [6.07, 6.45) is -3.97. The number of rotatable bonds is 8. The summed E-state index contributed by atoms with van der Waals surface area (Å²) in [6, 6.07) is 15.5. The van der Waals surface area contributed by atoms with E-state index in [4.69, 9.17) is 10.5 Å². The number of alkyl halides is 3. The first-order valence-electron chi connectivity index (χ1n) is 10.6. The van der Waals surface area contributed by atoms with Crippen LogP contribution >= 0.6 is 11.3 Å². The summed E-state index contributed by atoms with van der Waals surface area (Å²) in [5.74, 6) is 0.123. The van der Waals surface area contributed by atoms with Crippen LogP contribution in [0.5, 0.6) is 17.2 Å². The molecule has 4 aromatic rings. The monoisotopic (exact) mass is 505 g/mol. The Labute approximate surface area is 202 Å². The number of nitrogens with two attached hydrogens (primary N) is 1. The first kappa shape index (κ1) is 24.9. The molecule has 0 aliphatic heterocycles. The molecule has 1 aromatic heterocycles. The van der Waals surface area contributed by atoms with E-state index in [1.165, 1.54) is 29.5 Å². The van der Waals surface area contributed by atoms with Crippen molar-refractivity contribution in [2.45, 2.75) is 24.7 Å². The van der Waals surface area contributed by atoms with Crippen LogP contribution in [0.15, 0.2) is 65.5 Å². The fourth-order valence-electron chi connectivity index (χ4n) is 3.57. The number of halogens is 3. The van der Waals surface area contributed by atoms with Crippen molar-refractivity contribution < 1.29 is 32.9 Å². The van der Waals surface area contributed by atoms with Gasteiger partial charge in [-0.1, -0.05) is 12.1 Å². The molecule has 0 aliphatic carbocycles. The van der Waals surface area contributed by atoms with Crippen molar-refractivity contribution in [3.63, 3.8) is 0 Å². The van der Waals surface area contributed by atoms with Crippen LogP contribution in [0.3, 0.4) is 0 Å². The predicted octanol–water partition coefficient (Wildman–Crippen LogP) is 4.72. The highest BCUT2D eigenvalue weighted by Gasteiger charge is 2.31. The Hall–Kier alpha value is -3.18. The van der Waals surface area contributed by atoms with Gasteiger partial charge in [0.15, 0.2) is 5.43 Å². The van der Waals surface area contributed by atoms with Gasteiger partial charge in [0.25, 0.3) is 0 Å². The second-order valence-electron chi connectivity index (χ2n) is 8.22. The van der Waals surface area contributed by atoms with Gasteiger partial charge in [0, 0.05) is 26.2 Å². The molecule has 10 heteroatoms. The Bertz CT molecular complexity index is 1420. The fraction of sp³-hybridized carbons (Fsp3) is 0.240. The minimum atomic E-state index is -4.81. The zero-order chi connectivity index (χ0) is 25.2. The normalized spacial score (nSPS) is 12.3. The number of fused-ring (bicyclic) bond motifs is 2. The number of benzene rings is 3. The summed E-state index contributed by atoms with van der Waals surface area (Å²) in [6.45, 7) is -0.693. The minimum Gasteiger partial charge on any atom is -0.457 e. The SMILES string of the molecule is NC(CO)(CO)CCc1ccc2sc3cc(Oc4cccc(OC(F)(F)F)c4)ccc3c(=O)c2c1. The van der Waals surface area contributed by atoms with Crippen molar-refractivity contribution >= 4 is 31.5 Å². The number of aliphatic hydroxyl groups is 2. The van der Waals surface area contributed by atoms with Gasteiger partial charge in [-0.3, -0.25) is 4.79 Å². The summed E-state index contributed by atoms with van der Waals surface area (Å²) in [5, 5.41) is 19.8. The largest absolute Gasteiger partial charge is 0.573 e. The first-order valence-corrected chi connectivity index (χ1v) is 11.4. The van der Waals surface area contributed by atoms with Crippen molar-refractivity contribution in [1.29, 1.82) is 0 Å². The minimum absolute atomic E-state index is 0.158. The third-order valence-electron chi connectivity index (χ3n) is 5.52. The van der Waals surface area contributed by atoms with E-state index in [1.807, 2.05) is 12.1 Å². The Kier molecular flexibility index (Phi) is 7.00. The topological polar surface area (TPSA) is 102 Å². The smallest absolute Gasteiger partial charge is 0.457 e. The van der Waals surface area contributed by atoms with Crippen LogP contribution in [0.2, 0.25) is 0 Å². The van der Waals surface area contributed by atoms with Gasteiger partial charge >= 0.3 is 6.36 Å². The maximum Gasteiger partial charge on any atom is 0.573 e. The molecule has 0 amide bonds. The molecule has 0 spiro atoms. The average Bonchev–Trinajstić information content (AvgIpc) is 2.82. The Balaban J connectivity index is 1.61. The molecule has 184 valence electrons. The molecule has 3 aromatic carbocycles. The standard InChI is InChI=1S/C25H22F3NO5S/c26-25(27,28)34-18-3-1-2-16(11-18)33-17-5-6-19-22(12-17)35-21-7-4-15(10-20(21)23(19)32)8-9-24(29,13-30)14-31/h1-7,10-12,30-31H,8-9,13-14,29H2. The van der Waals surface area contributed by atoms with E-state index in [0.29, 0.717) is 34.1 Å². The quantitative estimate of drug-likeness (QED) is 0.300. The summed E-state index contributed by atoms with van der Waals surface area (Å²) >= 11 is 1.38. The maximum absolute atomic E-state index is 13.1. The lowest BCUT2D eigenvalue weighted by Gasteiger charge is -2.24. The Morgan fingerprint density at radius 3 is 2.29 bits per heavy atom. The zero-order valence-corrected chi connectivity index (χ0v) is 19.2. The van der Waals surface area contributed by atoms with Gasteiger partial charge < -0.3 is 25.4 Å². The highest BCUT2D eigenvalue weighted by atomic mass is 32.1. The summed E-state index contributed by atoms with van der Waals surface area (Å²) in [5.41, 5.74) is 5.55. The van der Waals surface area contributed by atoms with Gasteiger partial charge in [-0.05, 0) is 60.9 Å². The van der Waals surface area contributed by atoms with E-state index in [0.717, 1.165) is 16.3 Å². The molecule has 0 atom stereocenters. The molecule has 4 N–H and O–H groups in total. The zero-order valence-electron chi connectivity index (χ0n) is 18.3. The molecule has 0 unspecified atom stereocenters. The molecule has 0 saturated carbocycles. The van der Waals surface area contributed by atoms with Gasteiger partial charge in [0.05, 0.1) is 18.8 Å². The van der Waals surface area contributed by atoms with E-state index in [1.54, 1.807) is 24.3 Å². The van der Waals surface area contributed by atoms with Crippen molar-refractivity contribution in [3.05, 3.63) is 76.5 Å². The number of hydrogen-bond acceptors (Lipinski definition) is 7. The third-order valence-corrected chi connectivity index (χ3v) is 6.66. The molecular weight excluding hydrogens is 483 g/mol. The molecule has 0 saturated heterocycles. The molecule has 6 nitrogen and oxygen atoms in total. The molecular formula is C25H22F3NO5S. The molecule has 0 fully saturated rings. The van der Waals surface area contributed by atoms with Crippen LogP contribution in [-0.2, 0) is 6.42 Å². The van der Waals surface area contributed by atoms with E-state index < -0.39 is 17.7 Å². The summed E-state index contributed by atoms with van der Waals surface area (Å²) < 4.78 is 48.5. The Morgan fingerprint density at radius 1 is 0.857 bits per heavy atom. The second-order valence-corrected chi connectivity index (χ2v) is 9.31. The molecule has 1 heterocycles. The maximum atomic E-state index is 13.1. The first-order chi connectivity index (χ1) is 16.6. The number of aryl methyl sites for hydroxylation is 1. The van der Waals surface area contributed by atoms with E-state index in [2.05, 4.69) is 4.74 Å². The van der Waals surface area contributed by atoms with Crippen molar-refractivity contribution in [1.82, 2.24) is 0 Å². The van der Waals surface area contributed by atoms with Crippen molar-refractivity contribution in [2.24, 2.45) is 5.73 Å². The van der Waals surface area contributed by atoms with Crippen molar-refractivity contribution in [2.75, 3.05) is 13.2 Å². The second kappa shape index (κ2) is 9.82. The van der Waals surface area contributed by atoms with Gasteiger partial charge in [-0.25, -0.2) is 0 Å². The number of ether oxygens (including phenoxy) is 2. The van der Waals surface area contributed by atoms with Crippen molar-refractivity contribution in [3.8, 4) is 17.2 Å². The van der Waals surface area contributed by atoms with Crippen LogP contribution < -0.4 is 20.6 Å². The average molecular weight is 506 g/mol. The fourth-order valence-corrected chi connectivity index (χ4v) is 4.65.